The van der Waals surface area contributed by atoms with Gasteiger partial charge in [-0.15, -0.1) is 0 Å². The summed E-state index contributed by atoms with van der Waals surface area (Å²) in [5, 5.41) is 3.63. The van der Waals surface area contributed by atoms with E-state index in [1.54, 1.807) is 18.2 Å². The molecule has 1 aliphatic carbocycles. The summed E-state index contributed by atoms with van der Waals surface area (Å²) in [6, 6.07) is 5.24. The van der Waals surface area contributed by atoms with Crippen LogP contribution in [0.2, 0.25) is 5.02 Å². The van der Waals surface area contributed by atoms with Crippen LogP contribution >= 0.6 is 11.6 Å². The first-order valence-corrected chi connectivity index (χ1v) is 7.26. The summed E-state index contributed by atoms with van der Waals surface area (Å²) in [6.07, 6.45) is 3.41. The van der Waals surface area contributed by atoms with Gasteiger partial charge in [-0.2, -0.15) is 0 Å². The summed E-state index contributed by atoms with van der Waals surface area (Å²) in [5.41, 5.74) is 6.78. The van der Waals surface area contributed by atoms with Crippen molar-refractivity contribution in [1.29, 1.82) is 0 Å². The molecule has 1 aromatic rings. The number of rotatable bonds is 3. The Bertz CT molecular complexity index is 475. The second-order valence-electron chi connectivity index (χ2n) is 5.42. The molecule has 1 saturated carbocycles. The van der Waals surface area contributed by atoms with Crippen molar-refractivity contribution < 1.29 is 4.79 Å². The monoisotopic (exact) mass is 280 g/mol. The number of nitrogens with one attached hydrogen (secondary N) is 1. The van der Waals surface area contributed by atoms with E-state index in [1.807, 2.05) is 0 Å². The lowest BCUT2D eigenvalue weighted by Crippen LogP contribution is -2.37. The predicted molar refractivity (Wildman–Crippen MR) is 79.3 cm³/mol. The number of benzene rings is 1. The van der Waals surface area contributed by atoms with Crippen LogP contribution in [0.25, 0.3) is 0 Å². The molecule has 0 radical (unpaired) electrons. The van der Waals surface area contributed by atoms with Gasteiger partial charge in [-0.25, -0.2) is 0 Å². The second kappa shape index (κ2) is 5.83. The lowest BCUT2D eigenvalue weighted by Gasteiger charge is -2.21. The third-order valence-electron chi connectivity index (χ3n) is 4.33. The molecule has 19 heavy (non-hydrogen) atoms. The van der Waals surface area contributed by atoms with Gasteiger partial charge >= 0.3 is 0 Å². The van der Waals surface area contributed by atoms with E-state index < -0.39 is 0 Å². The van der Waals surface area contributed by atoms with Gasteiger partial charge in [0, 0.05) is 16.8 Å². The highest BCUT2D eigenvalue weighted by atomic mass is 35.5. The second-order valence-corrected chi connectivity index (χ2v) is 5.85. The average molecular weight is 281 g/mol. The van der Waals surface area contributed by atoms with Crippen molar-refractivity contribution in [2.45, 2.75) is 39.2 Å². The zero-order valence-corrected chi connectivity index (χ0v) is 12.2. The first-order chi connectivity index (χ1) is 9.02. The van der Waals surface area contributed by atoms with E-state index in [9.17, 15) is 4.79 Å². The highest BCUT2D eigenvalue weighted by molar-refractivity contribution is 6.31. The normalized spacial score (nSPS) is 26.4. The number of anilines is 1. The smallest absolute Gasteiger partial charge is 0.253 e. The Balaban J connectivity index is 2.07. The zero-order chi connectivity index (χ0) is 14.0. The van der Waals surface area contributed by atoms with E-state index in [0.29, 0.717) is 28.1 Å². The molecule has 104 valence electrons. The van der Waals surface area contributed by atoms with Crippen molar-refractivity contribution in [1.82, 2.24) is 5.32 Å². The van der Waals surface area contributed by atoms with Crippen molar-refractivity contribution in [2.24, 2.45) is 11.8 Å². The largest absolute Gasteiger partial charge is 0.398 e. The number of carbonyl (C=O) groups excluding carboxylic acids is 1. The molecule has 1 amide bonds. The van der Waals surface area contributed by atoms with Gasteiger partial charge in [0.15, 0.2) is 0 Å². The van der Waals surface area contributed by atoms with Crippen molar-refractivity contribution in [3.63, 3.8) is 0 Å². The highest BCUT2D eigenvalue weighted by Crippen LogP contribution is 2.34. The molecule has 3 unspecified atom stereocenters. The van der Waals surface area contributed by atoms with Gasteiger partial charge < -0.3 is 11.1 Å². The van der Waals surface area contributed by atoms with E-state index in [0.717, 1.165) is 6.42 Å². The van der Waals surface area contributed by atoms with Crippen LogP contribution in [0.3, 0.4) is 0 Å². The molecule has 0 saturated heterocycles. The summed E-state index contributed by atoms with van der Waals surface area (Å²) in [7, 11) is 0. The Morgan fingerprint density at radius 3 is 2.84 bits per heavy atom. The van der Waals surface area contributed by atoms with Crippen LogP contribution in [-0.4, -0.2) is 11.9 Å². The summed E-state index contributed by atoms with van der Waals surface area (Å²) >= 11 is 5.92. The Kier molecular flexibility index (Phi) is 4.35. The minimum atomic E-state index is -0.117. The molecule has 1 aromatic carbocycles. The number of hydrogen-bond acceptors (Lipinski definition) is 2. The Morgan fingerprint density at radius 1 is 1.47 bits per heavy atom. The van der Waals surface area contributed by atoms with Gasteiger partial charge in [-0.1, -0.05) is 31.9 Å². The molecule has 0 bridgehead atoms. The maximum absolute atomic E-state index is 12.3. The fourth-order valence-corrected chi connectivity index (χ4v) is 3.17. The topological polar surface area (TPSA) is 55.1 Å². The lowest BCUT2D eigenvalue weighted by molar-refractivity contribution is 0.0927. The van der Waals surface area contributed by atoms with E-state index in [4.69, 9.17) is 17.3 Å². The van der Waals surface area contributed by atoms with Gasteiger partial charge in [0.1, 0.15) is 0 Å². The molecule has 1 aliphatic rings. The molecular weight excluding hydrogens is 260 g/mol. The Morgan fingerprint density at radius 2 is 2.21 bits per heavy atom. The van der Waals surface area contributed by atoms with Crippen molar-refractivity contribution >= 4 is 23.2 Å². The van der Waals surface area contributed by atoms with Crippen LogP contribution in [-0.2, 0) is 0 Å². The van der Waals surface area contributed by atoms with Gasteiger partial charge in [-0.05, 0) is 42.9 Å². The Labute approximate surface area is 119 Å². The number of carbonyl (C=O) groups is 1. The van der Waals surface area contributed by atoms with Gasteiger partial charge in [-0.3, -0.25) is 4.79 Å². The van der Waals surface area contributed by atoms with Crippen LogP contribution < -0.4 is 11.1 Å². The molecule has 3 atom stereocenters. The molecule has 1 fully saturated rings. The van der Waals surface area contributed by atoms with Crippen LogP contribution in [0.1, 0.15) is 43.5 Å². The molecule has 0 aliphatic heterocycles. The predicted octanol–water partition coefficient (Wildman–Crippen LogP) is 3.48. The van der Waals surface area contributed by atoms with Crippen LogP contribution in [0, 0.1) is 11.8 Å². The summed E-state index contributed by atoms with van der Waals surface area (Å²) in [6.45, 7) is 4.42. The first kappa shape index (κ1) is 14.2. The minimum absolute atomic E-state index is 0.117. The number of nitrogen functional groups attached to an aromatic ring is 1. The van der Waals surface area contributed by atoms with E-state index >= 15 is 0 Å². The van der Waals surface area contributed by atoms with E-state index in [2.05, 4.69) is 19.2 Å². The van der Waals surface area contributed by atoms with Crippen LogP contribution in [0.4, 0.5) is 5.69 Å². The molecule has 4 heteroatoms. The number of hydrogen-bond donors (Lipinski definition) is 2. The quantitative estimate of drug-likeness (QED) is 0.833. The number of nitrogens with two attached hydrogens (primary N) is 1. The fourth-order valence-electron chi connectivity index (χ4n) is 3.00. The molecule has 0 heterocycles. The molecule has 2 rings (SSSR count). The first-order valence-electron chi connectivity index (χ1n) is 6.88. The lowest BCUT2D eigenvalue weighted by atomic mass is 9.93. The van der Waals surface area contributed by atoms with Crippen molar-refractivity contribution in [3.8, 4) is 0 Å². The van der Waals surface area contributed by atoms with E-state index in [-0.39, 0.29) is 11.9 Å². The summed E-state index contributed by atoms with van der Waals surface area (Å²) < 4.78 is 0. The highest BCUT2D eigenvalue weighted by Gasteiger charge is 2.32. The molecule has 0 spiro atoms. The number of halogens is 1. The van der Waals surface area contributed by atoms with Gasteiger partial charge in [0.05, 0.1) is 5.56 Å². The molecule has 3 N–H and O–H groups in total. The summed E-state index contributed by atoms with van der Waals surface area (Å²) in [5.74, 6) is 1.12. The maximum Gasteiger partial charge on any atom is 0.253 e. The SMILES string of the molecule is CCC1CCC(NC(=O)c2cc(Cl)ccc2N)C1C. The molecule has 0 aromatic heterocycles. The molecular formula is C15H21ClN2O. The third kappa shape index (κ3) is 3.03. The van der Waals surface area contributed by atoms with Crippen molar-refractivity contribution in [2.75, 3.05) is 5.73 Å². The average Bonchev–Trinajstić information content (AvgIpc) is 2.73. The Hall–Kier alpha value is -1.22. The third-order valence-corrected chi connectivity index (χ3v) is 4.56. The van der Waals surface area contributed by atoms with Crippen LogP contribution in [0.5, 0.6) is 0 Å². The fraction of sp³-hybridized carbons (Fsp3) is 0.533. The maximum atomic E-state index is 12.3. The van der Waals surface area contributed by atoms with Gasteiger partial charge in [0.25, 0.3) is 5.91 Å². The van der Waals surface area contributed by atoms with Gasteiger partial charge in [0.2, 0.25) is 0 Å². The molecule has 3 nitrogen and oxygen atoms in total. The van der Waals surface area contributed by atoms with Crippen molar-refractivity contribution in [3.05, 3.63) is 28.8 Å². The zero-order valence-electron chi connectivity index (χ0n) is 11.4. The van der Waals surface area contributed by atoms with E-state index in [1.165, 1.54) is 12.8 Å². The van der Waals surface area contributed by atoms with Crippen LogP contribution in [0.15, 0.2) is 18.2 Å². The minimum Gasteiger partial charge on any atom is -0.398 e. The number of amides is 1. The summed E-state index contributed by atoms with van der Waals surface area (Å²) in [4.78, 5) is 12.3. The standard InChI is InChI=1S/C15H21ClN2O/c1-3-10-4-7-14(9(10)2)18-15(19)12-8-11(16)5-6-13(12)17/h5-6,8-10,14H,3-4,7,17H2,1-2H3,(H,18,19).